The summed E-state index contributed by atoms with van der Waals surface area (Å²) in [5, 5.41) is 3.47. The minimum absolute atomic E-state index is 0.431. The number of hydrogen-bond donors (Lipinski definition) is 1. The number of anilines is 4. The number of pyridine rings is 1. The molecule has 0 atom stereocenters. The number of nitrogens with zero attached hydrogens (tertiary/aromatic N) is 5. The Balaban J connectivity index is 1.48. The number of piperazine rings is 1. The van der Waals surface area contributed by atoms with Gasteiger partial charge in [-0.3, -0.25) is 0 Å². The Morgan fingerprint density at radius 2 is 1.59 bits per heavy atom. The predicted octanol–water partition coefficient (Wildman–Crippen LogP) is 4.37. The molecule has 0 spiro atoms. The normalized spacial score (nSPS) is 14.3. The first-order chi connectivity index (χ1) is 14.1. The zero-order chi connectivity index (χ0) is 20.2. The lowest BCUT2D eigenvalue weighted by Gasteiger charge is -2.36. The number of benzene rings is 1. The van der Waals surface area contributed by atoms with Gasteiger partial charge in [-0.2, -0.15) is 4.98 Å². The summed E-state index contributed by atoms with van der Waals surface area (Å²) in [6.07, 6.45) is 3.68. The monoisotopic (exact) mass is 388 g/mol. The van der Waals surface area contributed by atoms with Crippen LogP contribution in [0.5, 0.6) is 0 Å². The van der Waals surface area contributed by atoms with E-state index in [4.69, 9.17) is 4.98 Å². The van der Waals surface area contributed by atoms with Gasteiger partial charge in [-0.05, 0) is 42.2 Å². The summed E-state index contributed by atoms with van der Waals surface area (Å²) in [7, 11) is 0. The van der Waals surface area contributed by atoms with Gasteiger partial charge >= 0.3 is 0 Å². The van der Waals surface area contributed by atoms with E-state index < -0.39 is 0 Å². The molecule has 6 nitrogen and oxygen atoms in total. The van der Waals surface area contributed by atoms with Gasteiger partial charge in [-0.15, -0.1) is 0 Å². The molecule has 1 aliphatic rings. The van der Waals surface area contributed by atoms with E-state index in [2.05, 4.69) is 70.1 Å². The first-order valence-corrected chi connectivity index (χ1v) is 10.2. The van der Waals surface area contributed by atoms with E-state index >= 15 is 0 Å². The molecule has 0 unspecified atom stereocenters. The summed E-state index contributed by atoms with van der Waals surface area (Å²) in [4.78, 5) is 18.4. The number of para-hydroxylation sites is 1. The molecule has 0 aliphatic carbocycles. The minimum atomic E-state index is 0.431. The van der Waals surface area contributed by atoms with Crippen LogP contribution in [0, 0.1) is 6.92 Å². The molecule has 0 bridgehead atoms. The maximum Gasteiger partial charge on any atom is 0.229 e. The van der Waals surface area contributed by atoms with Crippen molar-refractivity contribution in [3.63, 3.8) is 0 Å². The average Bonchev–Trinajstić information content (AvgIpc) is 2.76. The van der Waals surface area contributed by atoms with E-state index in [-0.39, 0.29) is 0 Å². The van der Waals surface area contributed by atoms with Gasteiger partial charge in [0.1, 0.15) is 11.6 Å². The lowest BCUT2D eigenvalue weighted by molar-refractivity contribution is 0.641. The highest BCUT2D eigenvalue weighted by Crippen LogP contribution is 2.29. The van der Waals surface area contributed by atoms with Crippen LogP contribution in [0.15, 0.2) is 54.9 Å². The molecule has 1 saturated heterocycles. The molecule has 6 heteroatoms. The van der Waals surface area contributed by atoms with E-state index in [0.717, 1.165) is 43.5 Å². The average molecular weight is 389 g/mol. The zero-order valence-corrected chi connectivity index (χ0v) is 17.3. The van der Waals surface area contributed by atoms with Gasteiger partial charge in [-0.1, -0.05) is 38.1 Å². The molecular formula is C23H28N6. The standard InChI is InChI=1S/C23H28N6/c1-17(2)19-8-6-7-18(3)22(19)27-23-25-12-10-21(26-23)29-15-13-28(14-16-29)20-9-4-5-11-24-20/h4-12,17H,13-16H2,1-3H3,(H,25,26,27). The molecule has 1 aliphatic heterocycles. The van der Waals surface area contributed by atoms with Gasteiger partial charge in [0.05, 0.1) is 0 Å². The van der Waals surface area contributed by atoms with Crippen LogP contribution in [0.25, 0.3) is 0 Å². The maximum atomic E-state index is 4.80. The third-order valence-corrected chi connectivity index (χ3v) is 5.38. The van der Waals surface area contributed by atoms with E-state index in [0.29, 0.717) is 11.9 Å². The van der Waals surface area contributed by atoms with Crippen molar-refractivity contribution >= 4 is 23.3 Å². The Hall–Kier alpha value is -3.15. The molecule has 3 heterocycles. The van der Waals surface area contributed by atoms with Crippen LogP contribution in [0.4, 0.5) is 23.3 Å². The predicted molar refractivity (Wildman–Crippen MR) is 119 cm³/mol. The van der Waals surface area contributed by atoms with Crippen LogP contribution in [0.1, 0.15) is 30.9 Å². The van der Waals surface area contributed by atoms with Gasteiger partial charge < -0.3 is 15.1 Å². The maximum absolute atomic E-state index is 4.80. The van der Waals surface area contributed by atoms with E-state index in [1.165, 1.54) is 11.1 Å². The summed E-state index contributed by atoms with van der Waals surface area (Å²) in [5.74, 6) is 3.08. The zero-order valence-electron chi connectivity index (χ0n) is 17.3. The lowest BCUT2D eigenvalue weighted by atomic mass is 9.98. The summed E-state index contributed by atoms with van der Waals surface area (Å²) in [6.45, 7) is 10.2. The number of rotatable bonds is 5. The van der Waals surface area contributed by atoms with Gasteiger partial charge in [-0.25, -0.2) is 9.97 Å². The van der Waals surface area contributed by atoms with Crippen molar-refractivity contribution in [3.8, 4) is 0 Å². The number of aromatic nitrogens is 3. The topological polar surface area (TPSA) is 57.2 Å². The largest absolute Gasteiger partial charge is 0.353 e. The first kappa shape index (κ1) is 19.2. The highest BCUT2D eigenvalue weighted by Gasteiger charge is 2.19. The molecule has 0 radical (unpaired) electrons. The smallest absolute Gasteiger partial charge is 0.229 e. The van der Waals surface area contributed by atoms with Gasteiger partial charge in [0.2, 0.25) is 5.95 Å². The SMILES string of the molecule is Cc1cccc(C(C)C)c1Nc1nccc(N2CCN(c3ccccn3)CC2)n1. The second kappa shape index (κ2) is 8.47. The van der Waals surface area contributed by atoms with Crippen LogP contribution >= 0.6 is 0 Å². The summed E-state index contributed by atoms with van der Waals surface area (Å²) in [5.41, 5.74) is 3.59. The molecule has 3 aromatic rings. The molecule has 1 fully saturated rings. The molecule has 150 valence electrons. The third-order valence-electron chi connectivity index (χ3n) is 5.38. The van der Waals surface area contributed by atoms with Crippen LogP contribution in [-0.2, 0) is 0 Å². The molecule has 0 saturated carbocycles. The van der Waals surface area contributed by atoms with E-state index in [9.17, 15) is 0 Å². The highest BCUT2D eigenvalue weighted by atomic mass is 15.3. The van der Waals surface area contributed by atoms with Crippen LogP contribution in [0.3, 0.4) is 0 Å². The molecule has 4 rings (SSSR count). The van der Waals surface area contributed by atoms with Crippen LogP contribution < -0.4 is 15.1 Å². The minimum Gasteiger partial charge on any atom is -0.353 e. The Bertz CT molecular complexity index is 949. The Morgan fingerprint density at radius 3 is 2.28 bits per heavy atom. The summed E-state index contributed by atoms with van der Waals surface area (Å²) >= 11 is 0. The third kappa shape index (κ3) is 4.31. The molecule has 2 aromatic heterocycles. The van der Waals surface area contributed by atoms with E-state index in [1.54, 1.807) is 0 Å². The van der Waals surface area contributed by atoms with Crippen molar-refractivity contribution in [1.29, 1.82) is 0 Å². The van der Waals surface area contributed by atoms with Crippen LogP contribution in [-0.4, -0.2) is 41.1 Å². The first-order valence-electron chi connectivity index (χ1n) is 10.2. The Labute approximate surface area is 172 Å². The van der Waals surface area contributed by atoms with Crippen molar-refractivity contribution in [2.24, 2.45) is 0 Å². The Morgan fingerprint density at radius 1 is 0.828 bits per heavy atom. The quantitative estimate of drug-likeness (QED) is 0.700. The Kier molecular flexibility index (Phi) is 5.60. The fourth-order valence-corrected chi connectivity index (χ4v) is 3.75. The fraction of sp³-hybridized carbons (Fsp3) is 0.348. The summed E-state index contributed by atoms with van der Waals surface area (Å²) in [6, 6.07) is 14.4. The van der Waals surface area contributed by atoms with Crippen molar-refractivity contribution in [3.05, 3.63) is 66.0 Å². The second-order valence-electron chi connectivity index (χ2n) is 7.72. The molecule has 29 heavy (non-hydrogen) atoms. The van der Waals surface area contributed by atoms with Gasteiger partial charge in [0, 0.05) is 44.3 Å². The number of nitrogens with one attached hydrogen (secondary N) is 1. The molecule has 1 N–H and O–H groups in total. The summed E-state index contributed by atoms with van der Waals surface area (Å²) < 4.78 is 0. The fourth-order valence-electron chi connectivity index (χ4n) is 3.75. The van der Waals surface area contributed by atoms with Crippen LogP contribution in [0.2, 0.25) is 0 Å². The number of hydrogen-bond acceptors (Lipinski definition) is 6. The van der Waals surface area contributed by atoms with E-state index in [1.807, 2.05) is 30.6 Å². The molecule has 1 aromatic carbocycles. The highest BCUT2D eigenvalue weighted by molar-refractivity contribution is 5.64. The van der Waals surface area contributed by atoms with Crippen molar-refractivity contribution < 1.29 is 0 Å². The number of aryl methyl sites for hydroxylation is 1. The van der Waals surface area contributed by atoms with Crippen molar-refractivity contribution in [2.45, 2.75) is 26.7 Å². The molecular weight excluding hydrogens is 360 g/mol. The lowest BCUT2D eigenvalue weighted by Crippen LogP contribution is -2.47. The van der Waals surface area contributed by atoms with Gasteiger partial charge in [0.25, 0.3) is 0 Å². The van der Waals surface area contributed by atoms with Crippen molar-refractivity contribution in [1.82, 2.24) is 15.0 Å². The second-order valence-corrected chi connectivity index (χ2v) is 7.72. The van der Waals surface area contributed by atoms with Crippen molar-refractivity contribution in [2.75, 3.05) is 41.3 Å². The van der Waals surface area contributed by atoms with Gasteiger partial charge in [0.15, 0.2) is 0 Å². The molecule has 0 amide bonds.